The summed E-state index contributed by atoms with van der Waals surface area (Å²) in [5, 5.41) is 7.45. The molecule has 3 aromatic heterocycles. The first kappa shape index (κ1) is 13.1. The van der Waals surface area contributed by atoms with Gasteiger partial charge in [0, 0.05) is 16.5 Å². The molecule has 7 heteroatoms. The van der Waals surface area contributed by atoms with Crippen molar-refractivity contribution in [1.82, 2.24) is 14.6 Å². The molecule has 21 heavy (non-hydrogen) atoms. The zero-order valence-corrected chi connectivity index (χ0v) is 13.3. The molecule has 1 aromatic carbocycles. The maximum absolute atomic E-state index is 6.18. The fourth-order valence-electron chi connectivity index (χ4n) is 2.19. The quantitative estimate of drug-likeness (QED) is 0.512. The summed E-state index contributed by atoms with van der Waals surface area (Å²) in [7, 11) is 0. The summed E-state index contributed by atoms with van der Waals surface area (Å²) in [6, 6.07) is 5.32. The Morgan fingerprint density at radius 2 is 2.14 bits per heavy atom. The molecule has 3 heterocycles. The molecule has 0 fully saturated rings. The minimum Gasteiger partial charge on any atom is -0.454 e. The first-order chi connectivity index (χ1) is 10.1. The van der Waals surface area contributed by atoms with Crippen LogP contribution in [0.15, 0.2) is 28.8 Å². The second kappa shape index (κ2) is 4.73. The van der Waals surface area contributed by atoms with E-state index < -0.39 is 0 Å². The Morgan fingerprint density at radius 3 is 2.90 bits per heavy atom. The van der Waals surface area contributed by atoms with Gasteiger partial charge in [0.25, 0.3) is 0 Å². The number of aromatic nitrogens is 3. The van der Waals surface area contributed by atoms with Gasteiger partial charge in [-0.15, -0.1) is 0 Å². The molecule has 0 spiro atoms. The molecule has 0 amide bonds. The van der Waals surface area contributed by atoms with Crippen LogP contribution in [-0.2, 0) is 6.42 Å². The van der Waals surface area contributed by atoms with Gasteiger partial charge in [-0.05, 0) is 18.6 Å². The molecular formula is C14H9Cl2N3OS. The van der Waals surface area contributed by atoms with Crippen LogP contribution in [0.4, 0.5) is 0 Å². The van der Waals surface area contributed by atoms with Crippen molar-refractivity contribution in [3.05, 3.63) is 39.4 Å². The van der Waals surface area contributed by atoms with Gasteiger partial charge < -0.3 is 4.42 Å². The third-order valence-electron chi connectivity index (χ3n) is 3.19. The number of hydrogen-bond acceptors (Lipinski definition) is 4. The van der Waals surface area contributed by atoms with Crippen LogP contribution in [0.5, 0.6) is 0 Å². The maximum atomic E-state index is 6.18. The van der Waals surface area contributed by atoms with E-state index in [1.165, 1.54) is 0 Å². The van der Waals surface area contributed by atoms with Crippen molar-refractivity contribution in [2.75, 3.05) is 0 Å². The summed E-state index contributed by atoms with van der Waals surface area (Å²) in [5.41, 5.74) is 1.39. The average Bonchev–Trinajstić information content (AvgIpc) is 3.08. The molecule has 0 unspecified atom stereocenters. The molecule has 4 nitrogen and oxygen atoms in total. The summed E-state index contributed by atoms with van der Waals surface area (Å²) < 4.78 is 7.58. The van der Waals surface area contributed by atoms with Gasteiger partial charge in [-0.25, -0.2) is 9.50 Å². The summed E-state index contributed by atoms with van der Waals surface area (Å²) in [4.78, 5) is 5.40. The highest BCUT2D eigenvalue weighted by Crippen LogP contribution is 2.34. The smallest absolute Gasteiger partial charge is 0.212 e. The van der Waals surface area contributed by atoms with E-state index in [4.69, 9.17) is 27.6 Å². The monoisotopic (exact) mass is 337 g/mol. The largest absolute Gasteiger partial charge is 0.454 e. The number of furan rings is 1. The lowest BCUT2D eigenvalue weighted by atomic mass is 10.2. The Bertz CT molecular complexity index is 938. The predicted octanol–water partition coefficient (Wildman–Crippen LogP) is 5.07. The second-order valence-corrected chi connectivity index (χ2v) is 6.50. The van der Waals surface area contributed by atoms with Crippen LogP contribution < -0.4 is 0 Å². The number of fused-ring (bicyclic) bond motifs is 2. The first-order valence-electron chi connectivity index (χ1n) is 6.38. The maximum Gasteiger partial charge on any atom is 0.212 e. The normalized spacial score (nSPS) is 11.8. The standard InChI is InChI=1S/C14H9Cl2N3OS/c1-2-13-18-19-6-10(17-14(19)21-13)12-5-8-9(16)3-7(15)4-11(8)20-12/h3-6H,2H2,1H3. The minimum absolute atomic E-state index is 0.550. The SMILES string of the molecule is CCc1nn2cc(-c3cc4c(Cl)cc(Cl)cc4o3)nc2s1. The molecule has 0 aliphatic heterocycles. The molecule has 0 radical (unpaired) electrons. The van der Waals surface area contributed by atoms with Crippen molar-refractivity contribution in [1.29, 1.82) is 0 Å². The Kier molecular flexibility index (Phi) is 2.96. The van der Waals surface area contributed by atoms with E-state index in [0.29, 0.717) is 21.4 Å². The predicted molar refractivity (Wildman–Crippen MR) is 85.5 cm³/mol. The van der Waals surface area contributed by atoms with Crippen LogP contribution in [0.3, 0.4) is 0 Å². The number of benzene rings is 1. The van der Waals surface area contributed by atoms with E-state index in [9.17, 15) is 0 Å². The van der Waals surface area contributed by atoms with Crippen LogP contribution in [0.1, 0.15) is 11.9 Å². The van der Waals surface area contributed by atoms with Crippen molar-refractivity contribution >= 4 is 50.5 Å². The number of rotatable bonds is 2. The molecule has 0 N–H and O–H groups in total. The zero-order chi connectivity index (χ0) is 14.6. The molecule has 4 aromatic rings. The lowest BCUT2D eigenvalue weighted by Crippen LogP contribution is -1.83. The van der Waals surface area contributed by atoms with Crippen LogP contribution in [0.2, 0.25) is 10.0 Å². The van der Waals surface area contributed by atoms with Gasteiger partial charge in [-0.2, -0.15) is 5.10 Å². The van der Waals surface area contributed by atoms with Crippen molar-refractivity contribution in [2.24, 2.45) is 0 Å². The fraction of sp³-hybridized carbons (Fsp3) is 0.143. The van der Waals surface area contributed by atoms with E-state index in [1.807, 2.05) is 12.3 Å². The van der Waals surface area contributed by atoms with Crippen LogP contribution in [0.25, 0.3) is 27.4 Å². The van der Waals surface area contributed by atoms with E-state index in [0.717, 1.165) is 27.5 Å². The molecule has 106 valence electrons. The Hall–Kier alpha value is -1.56. The fourth-order valence-corrected chi connectivity index (χ4v) is 3.54. The molecule has 0 aliphatic carbocycles. The van der Waals surface area contributed by atoms with Crippen LogP contribution >= 0.6 is 34.5 Å². The number of nitrogens with zero attached hydrogens (tertiary/aromatic N) is 3. The molecule has 0 atom stereocenters. The van der Waals surface area contributed by atoms with Crippen LogP contribution in [-0.4, -0.2) is 14.6 Å². The molecule has 0 saturated carbocycles. The van der Waals surface area contributed by atoms with E-state index in [2.05, 4.69) is 17.0 Å². The number of halogens is 2. The van der Waals surface area contributed by atoms with Crippen molar-refractivity contribution in [2.45, 2.75) is 13.3 Å². The summed E-state index contributed by atoms with van der Waals surface area (Å²) >= 11 is 13.7. The minimum atomic E-state index is 0.550. The van der Waals surface area contributed by atoms with Gasteiger partial charge in [0.2, 0.25) is 4.96 Å². The summed E-state index contributed by atoms with van der Waals surface area (Å²) in [6.45, 7) is 2.07. The Balaban J connectivity index is 1.87. The van der Waals surface area contributed by atoms with E-state index in [-0.39, 0.29) is 0 Å². The van der Waals surface area contributed by atoms with Gasteiger partial charge in [0.1, 0.15) is 16.3 Å². The third kappa shape index (κ3) is 2.12. The van der Waals surface area contributed by atoms with E-state index >= 15 is 0 Å². The van der Waals surface area contributed by atoms with E-state index in [1.54, 1.807) is 28.0 Å². The van der Waals surface area contributed by atoms with Crippen LogP contribution in [0, 0.1) is 0 Å². The molecule has 0 bridgehead atoms. The topological polar surface area (TPSA) is 43.3 Å². The Labute approximate surface area is 133 Å². The summed E-state index contributed by atoms with van der Waals surface area (Å²) in [6.07, 6.45) is 2.76. The van der Waals surface area contributed by atoms with Gasteiger partial charge in [0.15, 0.2) is 5.76 Å². The van der Waals surface area contributed by atoms with Gasteiger partial charge in [0.05, 0.1) is 11.2 Å². The molecule has 4 rings (SSSR count). The molecule has 0 saturated heterocycles. The number of imidazole rings is 1. The zero-order valence-electron chi connectivity index (χ0n) is 10.9. The van der Waals surface area contributed by atoms with Crippen molar-refractivity contribution in [3.63, 3.8) is 0 Å². The highest BCUT2D eigenvalue weighted by atomic mass is 35.5. The lowest BCUT2D eigenvalue weighted by Gasteiger charge is -1.92. The Morgan fingerprint density at radius 1 is 1.29 bits per heavy atom. The van der Waals surface area contributed by atoms with Crippen molar-refractivity contribution in [3.8, 4) is 11.5 Å². The van der Waals surface area contributed by atoms with Gasteiger partial charge in [-0.3, -0.25) is 0 Å². The second-order valence-electron chi connectivity index (χ2n) is 4.61. The lowest BCUT2D eigenvalue weighted by molar-refractivity contribution is 0.629. The third-order valence-corrected chi connectivity index (χ3v) is 4.79. The van der Waals surface area contributed by atoms with Gasteiger partial charge >= 0.3 is 0 Å². The highest BCUT2D eigenvalue weighted by molar-refractivity contribution is 7.16. The highest BCUT2D eigenvalue weighted by Gasteiger charge is 2.14. The first-order valence-corrected chi connectivity index (χ1v) is 7.95. The number of hydrogen-bond donors (Lipinski definition) is 0. The number of aryl methyl sites for hydroxylation is 1. The molecular weight excluding hydrogens is 329 g/mol. The average molecular weight is 338 g/mol. The van der Waals surface area contributed by atoms with Gasteiger partial charge in [-0.1, -0.05) is 41.5 Å². The van der Waals surface area contributed by atoms with Crippen molar-refractivity contribution < 1.29 is 4.42 Å². The summed E-state index contributed by atoms with van der Waals surface area (Å²) in [5.74, 6) is 0.657. The molecule has 0 aliphatic rings.